The molecule has 0 saturated carbocycles. The van der Waals surface area contributed by atoms with Crippen LogP contribution in [0.4, 0.5) is 4.39 Å². The molecule has 1 N–H and O–H groups in total. The number of aromatic nitrogens is 2. The number of rotatable bonds is 9. The van der Waals surface area contributed by atoms with E-state index >= 15 is 0 Å². The number of hydrogen-bond acceptors (Lipinski definition) is 7. The largest absolute Gasteiger partial charge is 0.411 e. The van der Waals surface area contributed by atoms with Gasteiger partial charge in [-0.3, -0.25) is 0 Å². The molecule has 8 nitrogen and oxygen atoms in total. The molecule has 0 saturated heterocycles. The summed E-state index contributed by atoms with van der Waals surface area (Å²) >= 11 is 3.09. The molecule has 0 bridgehead atoms. The smallest absolute Gasteiger partial charge is 0.213 e. The third kappa shape index (κ3) is 5.81. The van der Waals surface area contributed by atoms with Crippen molar-refractivity contribution in [1.29, 1.82) is 0 Å². The molecule has 0 aliphatic carbocycles. The Kier molecular flexibility index (Phi) is 6.00. The van der Waals surface area contributed by atoms with Gasteiger partial charge in [-0.2, -0.15) is 0 Å². The van der Waals surface area contributed by atoms with Crippen LogP contribution in [0.2, 0.25) is 0 Å². The number of nitrogens with zero attached hydrogens (tertiary/aromatic N) is 4. The highest BCUT2D eigenvalue weighted by molar-refractivity contribution is 9.10. The Morgan fingerprint density at radius 1 is 1.44 bits per heavy atom. The quantitative estimate of drug-likeness (QED) is 0.263. The van der Waals surface area contributed by atoms with Gasteiger partial charge in [0.2, 0.25) is 10.0 Å². The SMILES string of the molecule is [2H]C([2H])([2H])N(C)S(=O)(=O)CCCCc1nonc1/C(Cc1ccc(F)c(Br)c1)=N/O. The van der Waals surface area contributed by atoms with E-state index in [1.165, 1.54) is 12.1 Å². The lowest BCUT2D eigenvalue weighted by Crippen LogP contribution is -2.25. The van der Waals surface area contributed by atoms with E-state index in [1.54, 1.807) is 6.07 Å². The van der Waals surface area contributed by atoms with Gasteiger partial charge in [0.25, 0.3) is 0 Å². The highest BCUT2D eigenvalue weighted by atomic mass is 79.9. The summed E-state index contributed by atoms with van der Waals surface area (Å²) in [4.78, 5) is 0. The van der Waals surface area contributed by atoms with Crippen molar-refractivity contribution in [3.63, 3.8) is 0 Å². The maximum Gasteiger partial charge on any atom is 0.213 e. The van der Waals surface area contributed by atoms with Gasteiger partial charge in [0.1, 0.15) is 17.2 Å². The van der Waals surface area contributed by atoms with E-state index in [-0.39, 0.29) is 40.9 Å². The van der Waals surface area contributed by atoms with E-state index in [9.17, 15) is 18.0 Å². The summed E-state index contributed by atoms with van der Waals surface area (Å²) in [7, 11) is -2.91. The molecule has 1 heterocycles. The fraction of sp³-hybridized carbons (Fsp3) is 0.438. The highest BCUT2D eigenvalue weighted by Crippen LogP contribution is 2.19. The van der Waals surface area contributed by atoms with Gasteiger partial charge < -0.3 is 5.21 Å². The van der Waals surface area contributed by atoms with Crippen molar-refractivity contribution < 1.29 is 26.8 Å². The van der Waals surface area contributed by atoms with Gasteiger partial charge in [-0.25, -0.2) is 21.7 Å². The summed E-state index contributed by atoms with van der Waals surface area (Å²) in [6.45, 7) is -2.73. The molecule has 1 aromatic carbocycles. The number of unbranched alkanes of at least 4 members (excludes halogenated alkanes) is 1. The summed E-state index contributed by atoms with van der Waals surface area (Å²) < 4.78 is 64.4. The van der Waals surface area contributed by atoms with Crippen molar-refractivity contribution in [3.8, 4) is 0 Å². The molecule has 148 valence electrons. The normalized spacial score (nSPS) is 14.8. The van der Waals surface area contributed by atoms with Crippen LogP contribution in [0.25, 0.3) is 0 Å². The van der Waals surface area contributed by atoms with Crippen molar-refractivity contribution in [2.24, 2.45) is 5.16 Å². The second-order valence-corrected chi connectivity index (χ2v) is 8.75. The fourth-order valence-electron chi connectivity index (χ4n) is 2.31. The zero-order valence-electron chi connectivity index (χ0n) is 17.4. The fourth-order valence-corrected chi connectivity index (χ4v) is 3.58. The zero-order chi connectivity index (χ0) is 22.5. The predicted molar refractivity (Wildman–Crippen MR) is 101 cm³/mol. The molecule has 0 fully saturated rings. The molecule has 27 heavy (non-hydrogen) atoms. The molecule has 0 spiro atoms. The lowest BCUT2D eigenvalue weighted by Gasteiger charge is -2.10. The number of aryl methyl sites for hydroxylation is 1. The molecule has 0 radical (unpaired) electrons. The van der Waals surface area contributed by atoms with Gasteiger partial charge >= 0.3 is 0 Å². The molecule has 0 aliphatic heterocycles. The predicted octanol–water partition coefficient (Wildman–Crippen LogP) is 2.61. The Labute approximate surface area is 169 Å². The Balaban J connectivity index is 2.00. The minimum atomic E-state index is -3.93. The van der Waals surface area contributed by atoms with Gasteiger partial charge in [-0.15, -0.1) is 0 Å². The van der Waals surface area contributed by atoms with Gasteiger partial charge in [-0.05, 0) is 58.0 Å². The van der Waals surface area contributed by atoms with E-state index < -0.39 is 22.8 Å². The van der Waals surface area contributed by atoms with Crippen LogP contribution in [0.15, 0.2) is 32.5 Å². The van der Waals surface area contributed by atoms with Crippen LogP contribution in [-0.4, -0.2) is 53.7 Å². The van der Waals surface area contributed by atoms with Gasteiger partial charge in [0, 0.05) is 24.6 Å². The number of benzene rings is 1. The van der Waals surface area contributed by atoms with E-state index in [2.05, 4.69) is 31.4 Å². The minimum Gasteiger partial charge on any atom is -0.411 e. The summed E-state index contributed by atoms with van der Waals surface area (Å²) in [5, 5.41) is 20.1. The van der Waals surface area contributed by atoms with Crippen molar-refractivity contribution in [2.45, 2.75) is 25.7 Å². The van der Waals surface area contributed by atoms with Crippen LogP contribution in [0.3, 0.4) is 0 Å². The van der Waals surface area contributed by atoms with Crippen molar-refractivity contribution in [3.05, 3.63) is 45.4 Å². The maximum absolute atomic E-state index is 13.4. The van der Waals surface area contributed by atoms with Crippen LogP contribution in [0.5, 0.6) is 0 Å². The maximum atomic E-state index is 13.4. The first-order chi connectivity index (χ1) is 14.0. The van der Waals surface area contributed by atoms with Gasteiger partial charge in [-0.1, -0.05) is 16.4 Å². The Morgan fingerprint density at radius 3 is 2.89 bits per heavy atom. The molecular weight excluding hydrogens is 443 g/mol. The van der Waals surface area contributed by atoms with Crippen LogP contribution in [0, 0.1) is 5.82 Å². The van der Waals surface area contributed by atoms with E-state index in [4.69, 9.17) is 8.74 Å². The number of halogens is 2. The molecule has 0 amide bonds. The molecule has 2 rings (SSSR count). The molecule has 0 atom stereocenters. The Bertz CT molecular complexity index is 1010. The number of sulfonamides is 1. The molecule has 1 aromatic heterocycles. The number of oxime groups is 1. The first kappa shape index (κ1) is 17.3. The van der Waals surface area contributed by atoms with Crippen LogP contribution < -0.4 is 0 Å². The van der Waals surface area contributed by atoms with E-state index in [0.29, 0.717) is 22.0 Å². The molecule has 11 heteroatoms. The molecule has 0 unspecified atom stereocenters. The third-order valence-electron chi connectivity index (χ3n) is 3.79. The third-order valence-corrected chi connectivity index (χ3v) is 6.04. The summed E-state index contributed by atoms with van der Waals surface area (Å²) in [5.41, 5.74) is 1.38. The van der Waals surface area contributed by atoms with Crippen molar-refractivity contribution in [2.75, 3.05) is 19.8 Å². The Hall–Kier alpha value is -1.85. The average molecular weight is 466 g/mol. The van der Waals surface area contributed by atoms with Crippen molar-refractivity contribution >= 4 is 31.7 Å². The summed E-state index contributed by atoms with van der Waals surface area (Å²) in [5.74, 6) is -0.767. The van der Waals surface area contributed by atoms with Crippen LogP contribution >= 0.6 is 15.9 Å². The topological polar surface area (TPSA) is 109 Å². The van der Waals surface area contributed by atoms with Gasteiger partial charge in [0.05, 0.1) is 10.2 Å². The second kappa shape index (κ2) is 9.38. The van der Waals surface area contributed by atoms with E-state index in [0.717, 1.165) is 7.05 Å². The summed E-state index contributed by atoms with van der Waals surface area (Å²) in [6.07, 6.45) is 0.952. The second-order valence-electron chi connectivity index (χ2n) is 5.77. The monoisotopic (exact) mass is 465 g/mol. The van der Waals surface area contributed by atoms with Gasteiger partial charge in [0.15, 0.2) is 5.69 Å². The first-order valence-electron chi connectivity index (χ1n) is 9.39. The zero-order valence-corrected chi connectivity index (χ0v) is 16.8. The summed E-state index contributed by atoms with van der Waals surface area (Å²) in [6, 6.07) is 4.35. The highest BCUT2D eigenvalue weighted by Gasteiger charge is 2.19. The molecule has 2 aromatic rings. The van der Waals surface area contributed by atoms with Crippen LogP contribution in [-0.2, 0) is 22.9 Å². The van der Waals surface area contributed by atoms with E-state index in [1.807, 2.05) is 0 Å². The lowest BCUT2D eigenvalue weighted by atomic mass is 10.0. The molecule has 0 aliphatic rings. The first-order valence-corrected chi connectivity index (χ1v) is 10.3. The number of hydrogen-bond donors (Lipinski definition) is 1. The lowest BCUT2D eigenvalue weighted by molar-refractivity contribution is 0.300. The molecular formula is C16H20BrFN4O4S. The standard InChI is InChI=1S/C16H20BrFN4O4S/c1-22(2)27(24,25)8-4-3-5-14-16(21-26-20-14)15(19-23)10-11-6-7-13(18)12(17)9-11/h6-7,9,23H,3-5,8,10H2,1-2H3/b19-15+/i1D3. The van der Waals surface area contributed by atoms with Crippen molar-refractivity contribution in [1.82, 2.24) is 14.6 Å². The van der Waals surface area contributed by atoms with Crippen LogP contribution in [0.1, 0.15) is 33.9 Å². The Morgan fingerprint density at radius 2 is 2.22 bits per heavy atom. The minimum absolute atomic E-state index is 0.133. The average Bonchev–Trinajstić information content (AvgIpc) is 3.13.